The average Bonchev–Trinajstić information content (AvgIpc) is 3.27. The standard InChI is InChI=1S/C32H29ClN2O5S/c1-5-39-31(37)27-28(21-9-7-6-8-10-21)34-32-35(29(27)22-12-14-23(15-13-22)40-19(2)3)30(36)26(41-32)18-20-11-16-25(38-4)24(33)17-20/h6-19,29H,5H2,1-4H3/b26-18-/t29-/m0/s1. The van der Waals surface area contributed by atoms with Gasteiger partial charge in [-0.05, 0) is 62.2 Å². The molecule has 0 radical (unpaired) electrons. The highest BCUT2D eigenvalue weighted by Crippen LogP contribution is 2.36. The fourth-order valence-electron chi connectivity index (χ4n) is 4.68. The third kappa shape index (κ3) is 5.85. The molecule has 0 aliphatic carbocycles. The van der Waals surface area contributed by atoms with Gasteiger partial charge in [0, 0.05) is 5.56 Å². The first-order chi connectivity index (χ1) is 19.8. The molecule has 210 valence electrons. The molecule has 41 heavy (non-hydrogen) atoms. The summed E-state index contributed by atoms with van der Waals surface area (Å²) >= 11 is 7.59. The zero-order chi connectivity index (χ0) is 29.1. The van der Waals surface area contributed by atoms with E-state index in [9.17, 15) is 9.59 Å². The zero-order valence-electron chi connectivity index (χ0n) is 23.1. The van der Waals surface area contributed by atoms with Gasteiger partial charge in [-0.25, -0.2) is 9.79 Å². The minimum Gasteiger partial charge on any atom is -0.495 e. The van der Waals surface area contributed by atoms with Gasteiger partial charge in [0.1, 0.15) is 11.5 Å². The summed E-state index contributed by atoms with van der Waals surface area (Å²) in [5.74, 6) is 0.707. The fourth-order valence-corrected chi connectivity index (χ4v) is 5.95. The summed E-state index contributed by atoms with van der Waals surface area (Å²) < 4.78 is 18.6. The Labute approximate surface area is 246 Å². The number of halogens is 1. The van der Waals surface area contributed by atoms with Gasteiger partial charge in [-0.2, -0.15) is 0 Å². The van der Waals surface area contributed by atoms with Crippen molar-refractivity contribution in [2.24, 2.45) is 4.99 Å². The second-order valence-electron chi connectivity index (χ2n) is 9.56. The molecule has 0 saturated heterocycles. The maximum atomic E-state index is 14.0. The van der Waals surface area contributed by atoms with Crippen molar-refractivity contribution >= 4 is 40.7 Å². The molecule has 3 aromatic carbocycles. The average molecular weight is 589 g/mol. The molecule has 0 fully saturated rings. The molecule has 1 aromatic heterocycles. The molecule has 1 aliphatic rings. The summed E-state index contributed by atoms with van der Waals surface area (Å²) in [6, 6.07) is 21.4. The monoisotopic (exact) mass is 588 g/mol. The molecule has 7 nitrogen and oxygen atoms in total. The van der Waals surface area contributed by atoms with E-state index in [0.29, 0.717) is 37.1 Å². The fraction of sp³-hybridized carbons (Fsp3) is 0.219. The molecule has 0 bridgehead atoms. The molecule has 0 spiro atoms. The topological polar surface area (TPSA) is 79.1 Å². The van der Waals surface area contributed by atoms with Crippen LogP contribution in [0.25, 0.3) is 11.8 Å². The van der Waals surface area contributed by atoms with Crippen molar-refractivity contribution in [1.29, 1.82) is 0 Å². The number of carbonyl (C=O) groups is 1. The van der Waals surface area contributed by atoms with Gasteiger partial charge in [0.2, 0.25) is 0 Å². The third-order valence-electron chi connectivity index (χ3n) is 6.41. The van der Waals surface area contributed by atoms with Crippen molar-refractivity contribution in [3.8, 4) is 11.5 Å². The van der Waals surface area contributed by atoms with Crippen molar-refractivity contribution in [2.75, 3.05) is 13.7 Å². The van der Waals surface area contributed by atoms with Crippen LogP contribution in [0.4, 0.5) is 0 Å². The molecule has 0 amide bonds. The lowest BCUT2D eigenvalue weighted by molar-refractivity contribution is -0.138. The van der Waals surface area contributed by atoms with Crippen LogP contribution in [0, 0.1) is 0 Å². The van der Waals surface area contributed by atoms with Crippen LogP contribution in [0.1, 0.15) is 43.5 Å². The minimum absolute atomic E-state index is 0.00431. The van der Waals surface area contributed by atoms with Crippen molar-refractivity contribution in [3.05, 3.63) is 120 Å². The molecular weight excluding hydrogens is 560 g/mol. The maximum Gasteiger partial charge on any atom is 0.338 e. The van der Waals surface area contributed by atoms with Gasteiger partial charge in [0.15, 0.2) is 4.80 Å². The molecule has 2 heterocycles. The van der Waals surface area contributed by atoms with E-state index in [-0.39, 0.29) is 18.3 Å². The molecule has 5 rings (SSSR count). The highest BCUT2D eigenvalue weighted by molar-refractivity contribution is 7.07. The molecule has 1 aliphatic heterocycles. The number of aromatic nitrogens is 1. The molecule has 0 N–H and O–H groups in total. The van der Waals surface area contributed by atoms with Crippen LogP contribution in [0.3, 0.4) is 0 Å². The Balaban J connectivity index is 1.77. The molecule has 0 saturated carbocycles. The zero-order valence-corrected chi connectivity index (χ0v) is 24.7. The van der Waals surface area contributed by atoms with Crippen molar-refractivity contribution in [2.45, 2.75) is 32.9 Å². The molecule has 1 atom stereocenters. The largest absolute Gasteiger partial charge is 0.495 e. The van der Waals surface area contributed by atoms with Gasteiger partial charge < -0.3 is 14.2 Å². The first kappa shape index (κ1) is 28.4. The van der Waals surface area contributed by atoms with Crippen molar-refractivity contribution in [1.82, 2.24) is 4.57 Å². The van der Waals surface area contributed by atoms with E-state index in [4.69, 9.17) is 30.8 Å². The number of rotatable bonds is 8. The smallest absolute Gasteiger partial charge is 0.338 e. The lowest BCUT2D eigenvalue weighted by atomic mass is 9.93. The first-order valence-electron chi connectivity index (χ1n) is 13.2. The highest BCUT2D eigenvalue weighted by Gasteiger charge is 2.35. The number of benzene rings is 3. The third-order valence-corrected chi connectivity index (χ3v) is 7.69. The van der Waals surface area contributed by atoms with E-state index >= 15 is 0 Å². The number of nitrogens with zero attached hydrogens (tertiary/aromatic N) is 2. The lowest BCUT2D eigenvalue weighted by Crippen LogP contribution is -2.40. The Bertz CT molecular complexity index is 1790. The van der Waals surface area contributed by atoms with E-state index < -0.39 is 12.0 Å². The Morgan fingerprint density at radius 3 is 2.46 bits per heavy atom. The number of fused-ring (bicyclic) bond motifs is 1. The van der Waals surface area contributed by atoms with Gasteiger partial charge in [-0.15, -0.1) is 0 Å². The number of methoxy groups -OCH3 is 1. The van der Waals surface area contributed by atoms with E-state index in [1.54, 1.807) is 36.8 Å². The van der Waals surface area contributed by atoms with Crippen molar-refractivity contribution < 1.29 is 19.0 Å². The summed E-state index contributed by atoms with van der Waals surface area (Å²) in [5, 5.41) is 0.437. The predicted molar refractivity (Wildman–Crippen MR) is 161 cm³/mol. The lowest BCUT2D eigenvalue weighted by Gasteiger charge is -2.26. The number of ether oxygens (including phenoxy) is 3. The Morgan fingerprint density at radius 1 is 1.10 bits per heavy atom. The van der Waals surface area contributed by atoms with Gasteiger partial charge >= 0.3 is 5.97 Å². The molecular formula is C32H29ClN2O5S. The van der Waals surface area contributed by atoms with E-state index in [1.165, 1.54) is 11.3 Å². The quantitative estimate of drug-likeness (QED) is 0.258. The Hall–Kier alpha value is -4.14. The van der Waals surface area contributed by atoms with E-state index in [0.717, 1.165) is 16.7 Å². The molecule has 4 aromatic rings. The highest BCUT2D eigenvalue weighted by atomic mass is 35.5. The van der Waals surface area contributed by atoms with Crippen LogP contribution in [-0.2, 0) is 9.53 Å². The second-order valence-corrected chi connectivity index (χ2v) is 11.0. The van der Waals surface area contributed by atoms with Crippen molar-refractivity contribution in [3.63, 3.8) is 0 Å². The number of hydrogen-bond donors (Lipinski definition) is 0. The number of hydrogen-bond acceptors (Lipinski definition) is 7. The number of esters is 1. The summed E-state index contributed by atoms with van der Waals surface area (Å²) in [4.78, 5) is 32.9. The predicted octanol–water partition coefficient (Wildman–Crippen LogP) is 5.38. The van der Waals surface area contributed by atoms with Gasteiger partial charge in [0.05, 0.1) is 46.7 Å². The van der Waals surface area contributed by atoms with Crippen LogP contribution in [0.2, 0.25) is 5.02 Å². The first-order valence-corrected chi connectivity index (χ1v) is 14.4. The van der Waals surface area contributed by atoms with Crippen LogP contribution in [0.15, 0.2) is 88.2 Å². The SMILES string of the molecule is CCOC(=O)C1=C(c2ccccc2)N=c2s/c(=C\c3ccc(OC)c(Cl)c3)c(=O)n2[C@H]1c1ccc(OC(C)C)cc1. The summed E-state index contributed by atoms with van der Waals surface area (Å²) in [6.45, 7) is 5.84. The van der Waals surface area contributed by atoms with Crippen LogP contribution in [-0.4, -0.2) is 30.4 Å². The second kappa shape index (κ2) is 12.2. The number of carbonyl (C=O) groups excluding carboxylic acids is 1. The summed E-state index contributed by atoms with van der Waals surface area (Å²) in [5.41, 5.74) is 2.70. The summed E-state index contributed by atoms with van der Waals surface area (Å²) in [6.07, 6.45) is 1.77. The van der Waals surface area contributed by atoms with Gasteiger partial charge in [-0.1, -0.05) is 71.5 Å². The summed E-state index contributed by atoms with van der Waals surface area (Å²) in [7, 11) is 1.55. The molecule has 0 unspecified atom stereocenters. The van der Waals surface area contributed by atoms with Crippen LogP contribution >= 0.6 is 22.9 Å². The maximum absolute atomic E-state index is 14.0. The molecule has 9 heteroatoms. The Kier molecular flexibility index (Phi) is 8.42. The Morgan fingerprint density at radius 2 is 1.83 bits per heavy atom. The minimum atomic E-state index is -0.768. The van der Waals surface area contributed by atoms with Gasteiger partial charge in [0.25, 0.3) is 5.56 Å². The van der Waals surface area contributed by atoms with Gasteiger partial charge in [-0.3, -0.25) is 9.36 Å². The van der Waals surface area contributed by atoms with E-state index in [2.05, 4.69) is 0 Å². The van der Waals surface area contributed by atoms with Crippen LogP contribution in [0.5, 0.6) is 11.5 Å². The normalized spacial score (nSPS) is 15.0. The van der Waals surface area contributed by atoms with Crippen LogP contribution < -0.4 is 24.4 Å². The number of thiazole rings is 1. The van der Waals surface area contributed by atoms with E-state index in [1.807, 2.05) is 74.5 Å².